The normalized spacial score (nSPS) is 12.1. The van der Waals surface area contributed by atoms with E-state index in [4.69, 9.17) is 19.4 Å². The summed E-state index contributed by atoms with van der Waals surface area (Å²) in [5, 5.41) is 9.62. The first kappa shape index (κ1) is 32.0. The highest BCUT2D eigenvalue weighted by atomic mass is 32.1. The van der Waals surface area contributed by atoms with Crippen LogP contribution in [0.25, 0.3) is 124 Å². The van der Waals surface area contributed by atoms with Crippen LogP contribution in [0.15, 0.2) is 174 Å². The van der Waals surface area contributed by atoms with E-state index in [0.717, 1.165) is 60.0 Å². The summed E-state index contributed by atoms with van der Waals surface area (Å²) in [7, 11) is 0. The van der Waals surface area contributed by atoms with Gasteiger partial charge in [0.15, 0.2) is 17.5 Å². The molecular weight excluding hydrogens is 749 g/mol. The standard InChI is InChI=1S/C51H28N4OS2/c1-3-13-29(14-4-1)49-52-50(30-15-5-2-6-16-30)54-51(53-49)39-26-31(25-38-46-45(58-47(38)39)24-23-35-34-19-9-12-22-44(34)57-48(35)46)55-40-20-10-7-17-32(40)36-27-37-33-18-8-11-21-42(33)56-43(37)28-41(36)55/h1-28H. The Morgan fingerprint density at radius 2 is 1.05 bits per heavy atom. The third-order valence-electron chi connectivity index (χ3n) is 11.4. The van der Waals surface area contributed by atoms with Crippen molar-refractivity contribution in [2.45, 2.75) is 0 Å². The molecule has 0 atom stereocenters. The predicted octanol–water partition coefficient (Wildman–Crippen LogP) is 14.6. The molecule has 5 nitrogen and oxygen atoms in total. The number of fused-ring (bicyclic) bond motifs is 13. The van der Waals surface area contributed by atoms with Gasteiger partial charge in [-0.2, -0.15) is 0 Å². The van der Waals surface area contributed by atoms with Crippen LogP contribution in [0, 0.1) is 0 Å². The quantitative estimate of drug-likeness (QED) is 0.179. The number of aromatic nitrogens is 4. The van der Waals surface area contributed by atoms with Crippen LogP contribution in [0.2, 0.25) is 0 Å². The van der Waals surface area contributed by atoms with Crippen LogP contribution in [0.5, 0.6) is 0 Å². The van der Waals surface area contributed by atoms with E-state index in [-0.39, 0.29) is 0 Å². The summed E-state index contributed by atoms with van der Waals surface area (Å²) in [6.45, 7) is 0. The van der Waals surface area contributed by atoms with Crippen molar-refractivity contribution in [3.05, 3.63) is 170 Å². The lowest BCUT2D eigenvalue weighted by Gasteiger charge is -2.13. The first-order valence-electron chi connectivity index (χ1n) is 19.3. The molecule has 0 aliphatic heterocycles. The van der Waals surface area contributed by atoms with E-state index < -0.39 is 0 Å². The molecule has 0 fully saturated rings. The predicted molar refractivity (Wildman–Crippen MR) is 244 cm³/mol. The van der Waals surface area contributed by atoms with Crippen molar-refractivity contribution in [1.82, 2.24) is 19.5 Å². The Balaban J connectivity index is 1.18. The lowest BCUT2D eigenvalue weighted by atomic mass is 10.0. The highest BCUT2D eigenvalue weighted by molar-refractivity contribution is 7.30. The van der Waals surface area contributed by atoms with Crippen LogP contribution in [0.1, 0.15) is 0 Å². The highest BCUT2D eigenvalue weighted by Gasteiger charge is 2.23. The van der Waals surface area contributed by atoms with Gasteiger partial charge in [0.25, 0.3) is 0 Å². The Kier molecular flexibility index (Phi) is 6.70. The summed E-state index contributed by atoms with van der Waals surface area (Å²) >= 11 is 3.68. The van der Waals surface area contributed by atoms with Gasteiger partial charge in [-0.1, -0.05) is 121 Å². The third-order valence-corrected chi connectivity index (χ3v) is 13.8. The fourth-order valence-corrected chi connectivity index (χ4v) is 11.4. The molecule has 0 radical (unpaired) electrons. The van der Waals surface area contributed by atoms with Gasteiger partial charge in [0.05, 0.1) is 11.0 Å². The number of furan rings is 1. The Bertz CT molecular complexity index is 3740. The minimum absolute atomic E-state index is 0.638. The molecule has 5 aromatic heterocycles. The van der Waals surface area contributed by atoms with Crippen molar-refractivity contribution in [3.63, 3.8) is 0 Å². The number of rotatable bonds is 4. The molecule has 58 heavy (non-hydrogen) atoms. The number of para-hydroxylation sites is 2. The molecule has 0 saturated carbocycles. The van der Waals surface area contributed by atoms with Crippen LogP contribution in [0.4, 0.5) is 0 Å². The smallest absolute Gasteiger partial charge is 0.165 e. The molecule has 0 saturated heterocycles. The largest absolute Gasteiger partial charge is 0.456 e. The Hall–Kier alpha value is -7.19. The zero-order valence-electron chi connectivity index (χ0n) is 30.7. The average molecular weight is 777 g/mol. The third kappa shape index (κ3) is 4.66. The summed E-state index contributed by atoms with van der Waals surface area (Å²) in [5.74, 6) is 1.92. The maximum absolute atomic E-state index is 6.51. The molecule has 0 bridgehead atoms. The number of hydrogen-bond acceptors (Lipinski definition) is 6. The summed E-state index contributed by atoms with van der Waals surface area (Å²) in [5.41, 5.74) is 7.84. The van der Waals surface area contributed by atoms with Gasteiger partial charge >= 0.3 is 0 Å². The molecule has 0 aliphatic rings. The number of nitrogens with zero attached hydrogens (tertiary/aromatic N) is 4. The molecule has 0 aliphatic carbocycles. The van der Waals surface area contributed by atoms with Crippen molar-refractivity contribution in [3.8, 4) is 39.9 Å². The van der Waals surface area contributed by atoms with Gasteiger partial charge < -0.3 is 8.98 Å². The summed E-state index contributed by atoms with van der Waals surface area (Å²) in [6, 6.07) is 59.9. The van der Waals surface area contributed by atoms with Gasteiger partial charge in [0.1, 0.15) is 11.2 Å². The van der Waals surface area contributed by atoms with Crippen LogP contribution in [0.3, 0.4) is 0 Å². The Morgan fingerprint density at radius 3 is 1.84 bits per heavy atom. The Labute approximate surface area is 338 Å². The molecule has 7 heteroatoms. The van der Waals surface area contributed by atoms with E-state index in [1.807, 2.05) is 71.2 Å². The van der Waals surface area contributed by atoms with Gasteiger partial charge in [0, 0.05) is 90.3 Å². The fourth-order valence-electron chi connectivity index (χ4n) is 8.82. The number of benzene rings is 8. The SMILES string of the molecule is c1ccc(-c2nc(-c3ccccc3)nc(-c3cc(-n4c5ccccc5c5cc6c(cc54)oc4ccccc46)cc4c3sc3ccc5c6ccccc6sc5c34)n2)cc1. The molecule has 0 spiro atoms. The molecule has 0 amide bonds. The molecule has 270 valence electrons. The second kappa shape index (κ2) is 12.2. The average Bonchev–Trinajstić information content (AvgIpc) is 4.04. The fraction of sp³-hybridized carbons (Fsp3) is 0. The number of hydrogen-bond donors (Lipinski definition) is 0. The van der Waals surface area contributed by atoms with E-state index >= 15 is 0 Å². The van der Waals surface area contributed by atoms with Gasteiger partial charge in [-0.25, -0.2) is 15.0 Å². The van der Waals surface area contributed by atoms with Crippen molar-refractivity contribution in [2.24, 2.45) is 0 Å². The van der Waals surface area contributed by atoms with Crippen LogP contribution >= 0.6 is 22.7 Å². The maximum atomic E-state index is 6.51. The molecule has 13 aromatic rings. The summed E-state index contributed by atoms with van der Waals surface area (Å²) < 4.78 is 13.9. The van der Waals surface area contributed by atoms with Gasteiger partial charge in [0.2, 0.25) is 0 Å². The monoisotopic (exact) mass is 776 g/mol. The van der Waals surface area contributed by atoms with Crippen LogP contribution in [-0.2, 0) is 0 Å². The molecular formula is C51H28N4OS2. The molecule has 13 rings (SSSR count). The summed E-state index contributed by atoms with van der Waals surface area (Å²) in [4.78, 5) is 15.6. The van der Waals surface area contributed by atoms with Crippen molar-refractivity contribution in [1.29, 1.82) is 0 Å². The minimum atomic E-state index is 0.638. The molecule has 8 aromatic carbocycles. The van der Waals surface area contributed by atoms with Gasteiger partial charge in [-0.15, -0.1) is 22.7 Å². The van der Waals surface area contributed by atoms with Crippen molar-refractivity contribution >= 4 is 107 Å². The highest BCUT2D eigenvalue weighted by Crippen LogP contribution is 2.48. The maximum Gasteiger partial charge on any atom is 0.165 e. The van der Waals surface area contributed by atoms with E-state index in [1.165, 1.54) is 46.4 Å². The zero-order valence-corrected chi connectivity index (χ0v) is 32.3. The van der Waals surface area contributed by atoms with Gasteiger partial charge in [-0.3, -0.25) is 0 Å². The molecule has 0 unspecified atom stereocenters. The minimum Gasteiger partial charge on any atom is -0.456 e. The van der Waals surface area contributed by atoms with Crippen molar-refractivity contribution in [2.75, 3.05) is 0 Å². The number of thiophene rings is 2. The second-order valence-corrected chi connectivity index (χ2v) is 16.8. The van der Waals surface area contributed by atoms with E-state index in [0.29, 0.717) is 17.5 Å². The lowest BCUT2D eigenvalue weighted by Crippen LogP contribution is -2.01. The van der Waals surface area contributed by atoms with E-state index in [1.54, 1.807) is 0 Å². The van der Waals surface area contributed by atoms with Crippen LogP contribution in [-0.4, -0.2) is 19.5 Å². The zero-order chi connectivity index (χ0) is 37.9. The van der Waals surface area contributed by atoms with Crippen LogP contribution < -0.4 is 0 Å². The molecule has 0 N–H and O–H groups in total. The first-order valence-corrected chi connectivity index (χ1v) is 20.9. The second-order valence-electron chi connectivity index (χ2n) is 14.7. The topological polar surface area (TPSA) is 56.7 Å². The van der Waals surface area contributed by atoms with E-state index in [2.05, 4.69) is 126 Å². The first-order chi connectivity index (χ1) is 28.7. The lowest BCUT2D eigenvalue weighted by molar-refractivity contribution is 0.669. The summed E-state index contributed by atoms with van der Waals surface area (Å²) in [6.07, 6.45) is 0. The van der Waals surface area contributed by atoms with Crippen molar-refractivity contribution < 1.29 is 4.42 Å². The molecule has 5 heterocycles. The van der Waals surface area contributed by atoms with Gasteiger partial charge in [-0.05, 0) is 42.5 Å². The Morgan fingerprint density at radius 1 is 0.397 bits per heavy atom. The van der Waals surface area contributed by atoms with E-state index in [9.17, 15) is 0 Å².